The van der Waals surface area contributed by atoms with Crippen molar-refractivity contribution >= 4 is 22.6 Å². The van der Waals surface area contributed by atoms with Crippen LogP contribution in [0.5, 0.6) is 0 Å². The topological polar surface area (TPSA) is 78.4 Å². The van der Waals surface area contributed by atoms with Crippen LogP contribution >= 0.6 is 0 Å². The summed E-state index contributed by atoms with van der Waals surface area (Å²) in [6, 6.07) is 15.9. The maximum atomic E-state index is 12.2. The molecular formula is C28H34N2O3. The summed E-state index contributed by atoms with van der Waals surface area (Å²) < 4.78 is 0. The van der Waals surface area contributed by atoms with E-state index in [1.807, 2.05) is 12.2 Å². The molecule has 0 saturated heterocycles. The highest BCUT2D eigenvalue weighted by Crippen LogP contribution is 2.36. The van der Waals surface area contributed by atoms with Crippen molar-refractivity contribution in [1.29, 1.82) is 0 Å². The van der Waals surface area contributed by atoms with E-state index in [-0.39, 0.29) is 18.9 Å². The lowest BCUT2D eigenvalue weighted by atomic mass is 9.74. The molecule has 174 valence electrons. The summed E-state index contributed by atoms with van der Waals surface area (Å²) in [5.74, 6) is -0.0186. The second kappa shape index (κ2) is 10.8. The van der Waals surface area contributed by atoms with Gasteiger partial charge in [0.25, 0.3) is 5.91 Å². The largest absolute Gasteiger partial charge is 0.481 e. The van der Waals surface area contributed by atoms with Crippen LogP contribution in [0.1, 0.15) is 57.1 Å². The Hall–Kier alpha value is -2.92. The number of allylic oxidation sites excluding steroid dienone is 2. The molecule has 0 aliphatic heterocycles. The fourth-order valence-corrected chi connectivity index (χ4v) is 5.38. The summed E-state index contributed by atoms with van der Waals surface area (Å²) in [4.78, 5) is 22.9. The number of carboxylic acid groups (broad SMARTS) is 1. The fourth-order valence-electron chi connectivity index (χ4n) is 5.38. The molecule has 2 aliphatic rings. The number of hydrogen-bond donors (Lipinski definition) is 3. The lowest BCUT2D eigenvalue weighted by Crippen LogP contribution is -2.37. The van der Waals surface area contributed by atoms with Crippen molar-refractivity contribution in [2.75, 3.05) is 6.54 Å². The Morgan fingerprint density at radius 3 is 2.73 bits per heavy atom. The summed E-state index contributed by atoms with van der Waals surface area (Å²) in [5, 5.41) is 17.9. The van der Waals surface area contributed by atoms with Gasteiger partial charge in [0.05, 0.1) is 6.42 Å². The quantitative estimate of drug-likeness (QED) is 0.524. The lowest BCUT2D eigenvalue weighted by Gasteiger charge is -2.36. The zero-order valence-electron chi connectivity index (χ0n) is 19.3. The van der Waals surface area contributed by atoms with E-state index in [0.29, 0.717) is 29.5 Å². The first-order chi connectivity index (χ1) is 16.0. The van der Waals surface area contributed by atoms with Crippen LogP contribution in [0.4, 0.5) is 0 Å². The minimum atomic E-state index is -0.904. The van der Waals surface area contributed by atoms with Gasteiger partial charge in [-0.15, -0.1) is 0 Å². The van der Waals surface area contributed by atoms with Crippen molar-refractivity contribution < 1.29 is 14.7 Å². The smallest absolute Gasteiger partial charge is 0.305 e. The minimum Gasteiger partial charge on any atom is -0.481 e. The molecule has 3 N–H and O–H groups in total. The van der Waals surface area contributed by atoms with Gasteiger partial charge in [-0.25, -0.2) is 0 Å². The highest BCUT2D eigenvalue weighted by Gasteiger charge is 2.29. The van der Waals surface area contributed by atoms with Crippen molar-refractivity contribution in [3.8, 4) is 0 Å². The van der Waals surface area contributed by atoms with Crippen LogP contribution in [0.3, 0.4) is 0 Å². The van der Waals surface area contributed by atoms with Gasteiger partial charge in [-0.05, 0) is 60.8 Å². The fraction of sp³-hybridized carbons (Fsp3) is 0.429. The Bertz CT molecular complexity index is 1050. The molecular weight excluding hydrogens is 412 g/mol. The number of carbonyl (C=O) groups is 2. The number of nitrogens with one attached hydrogen (secondary N) is 2. The molecule has 0 heterocycles. The molecule has 1 amide bonds. The number of hydrogen-bond acceptors (Lipinski definition) is 3. The van der Waals surface area contributed by atoms with Gasteiger partial charge in [0.15, 0.2) is 0 Å². The van der Waals surface area contributed by atoms with E-state index in [2.05, 4.69) is 66.1 Å². The minimum absolute atomic E-state index is 0.0565. The van der Waals surface area contributed by atoms with E-state index in [0.717, 1.165) is 12.8 Å². The summed E-state index contributed by atoms with van der Waals surface area (Å²) in [6.07, 6.45) is 11.7. The SMILES string of the molecule is C[C@@H](N[C@H]1CCC[C@H](C2C=CC(C(=O)NCCC(=O)O)=CC2)C1)c1cccc2ccccc12. The average molecular weight is 447 g/mol. The number of fused-ring (bicyclic) bond motifs is 1. The van der Waals surface area contributed by atoms with Crippen LogP contribution in [-0.4, -0.2) is 29.6 Å². The number of aliphatic carboxylic acids is 1. The Morgan fingerprint density at radius 1 is 1.12 bits per heavy atom. The van der Waals surface area contributed by atoms with Crippen molar-refractivity contribution in [2.45, 2.75) is 57.5 Å². The van der Waals surface area contributed by atoms with Gasteiger partial charge >= 0.3 is 5.97 Å². The first-order valence-corrected chi connectivity index (χ1v) is 12.1. The number of rotatable bonds is 8. The predicted octanol–water partition coefficient (Wildman–Crippen LogP) is 5.14. The highest BCUT2D eigenvalue weighted by molar-refractivity contribution is 5.96. The maximum Gasteiger partial charge on any atom is 0.305 e. The number of amides is 1. The Labute approximate surface area is 196 Å². The van der Waals surface area contributed by atoms with Crippen LogP contribution in [0, 0.1) is 11.8 Å². The molecule has 4 rings (SSSR count). The van der Waals surface area contributed by atoms with E-state index >= 15 is 0 Å². The highest BCUT2D eigenvalue weighted by atomic mass is 16.4. The van der Waals surface area contributed by atoms with E-state index in [9.17, 15) is 9.59 Å². The second-order valence-corrected chi connectivity index (χ2v) is 9.40. The zero-order valence-corrected chi connectivity index (χ0v) is 19.3. The van der Waals surface area contributed by atoms with Crippen molar-refractivity contribution in [2.24, 2.45) is 11.8 Å². The predicted molar refractivity (Wildman–Crippen MR) is 132 cm³/mol. The number of benzene rings is 2. The number of carbonyl (C=O) groups excluding carboxylic acids is 1. The van der Waals surface area contributed by atoms with Gasteiger partial charge in [-0.3, -0.25) is 9.59 Å². The standard InChI is InChI=1S/C28H34N2O3/c1-19(25-11-5-7-21-6-2-3-10-26(21)25)30-24-9-4-8-23(18-24)20-12-14-22(15-13-20)28(33)29-17-16-27(31)32/h2-3,5-7,10-12,14-15,19-20,23-24,30H,4,8-9,13,16-18H2,1H3,(H,29,33)(H,31,32)/t19-,20?,23+,24+/m1/s1. The molecule has 5 heteroatoms. The third-order valence-corrected chi connectivity index (χ3v) is 7.12. The second-order valence-electron chi connectivity index (χ2n) is 9.40. The van der Waals surface area contributed by atoms with E-state index in [1.165, 1.54) is 35.6 Å². The molecule has 1 fully saturated rings. The molecule has 1 saturated carbocycles. The van der Waals surface area contributed by atoms with Crippen molar-refractivity contribution in [3.63, 3.8) is 0 Å². The van der Waals surface area contributed by atoms with Crippen molar-refractivity contribution in [1.82, 2.24) is 10.6 Å². The van der Waals surface area contributed by atoms with Gasteiger partial charge in [0, 0.05) is 24.2 Å². The van der Waals surface area contributed by atoms with Crippen LogP contribution in [0.25, 0.3) is 10.8 Å². The van der Waals surface area contributed by atoms with E-state index in [4.69, 9.17) is 5.11 Å². The van der Waals surface area contributed by atoms with Gasteiger partial charge < -0.3 is 15.7 Å². The average Bonchev–Trinajstić information content (AvgIpc) is 2.83. The molecule has 33 heavy (non-hydrogen) atoms. The molecule has 5 nitrogen and oxygen atoms in total. The molecule has 4 atom stereocenters. The van der Waals surface area contributed by atoms with Gasteiger partial charge in [-0.1, -0.05) is 67.1 Å². The first kappa shape index (κ1) is 23.2. The Kier molecular flexibility index (Phi) is 7.61. The monoisotopic (exact) mass is 446 g/mol. The molecule has 2 aliphatic carbocycles. The number of carboxylic acids is 1. The molecule has 0 radical (unpaired) electrons. The normalized spacial score (nSPS) is 23.7. The Balaban J connectivity index is 1.32. The summed E-state index contributed by atoms with van der Waals surface area (Å²) in [5.41, 5.74) is 2.00. The van der Waals surface area contributed by atoms with Crippen LogP contribution in [0.2, 0.25) is 0 Å². The first-order valence-electron chi connectivity index (χ1n) is 12.1. The van der Waals surface area contributed by atoms with Crippen LogP contribution < -0.4 is 10.6 Å². The zero-order chi connectivity index (χ0) is 23.2. The van der Waals surface area contributed by atoms with Gasteiger partial charge in [0.1, 0.15) is 0 Å². The van der Waals surface area contributed by atoms with Crippen molar-refractivity contribution in [3.05, 3.63) is 71.8 Å². The Morgan fingerprint density at radius 2 is 1.94 bits per heavy atom. The molecule has 2 aromatic rings. The molecule has 2 aromatic carbocycles. The summed E-state index contributed by atoms with van der Waals surface area (Å²) in [7, 11) is 0. The molecule has 0 spiro atoms. The molecule has 1 unspecified atom stereocenters. The third kappa shape index (κ3) is 5.91. The molecule has 0 bridgehead atoms. The van der Waals surface area contributed by atoms with Crippen LogP contribution in [-0.2, 0) is 9.59 Å². The van der Waals surface area contributed by atoms with E-state index in [1.54, 1.807) is 0 Å². The molecule has 0 aromatic heterocycles. The van der Waals surface area contributed by atoms with Gasteiger partial charge in [-0.2, -0.15) is 0 Å². The maximum absolute atomic E-state index is 12.2. The summed E-state index contributed by atoms with van der Waals surface area (Å²) in [6.45, 7) is 2.43. The summed E-state index contributed by atoms with van der Waals surface area (Å²) >= 11 is 0. The third-order valence-electron chi connectivity index (χ3n) is 7.12. The van der Waals surface area contributed by atoms with Gasteiger partial charge in [0.2, 0.25) is 0 Å². The lowest BCUT2D eigenvalue weighted by molar-refractivity contribution is -0.136. The van der Waals surface area contributed by atoms with Crippen LogP contribution in [0.15, 0.2) is 66.3 Å². The van der Waals surface area contributed by atoms with E-state index < -0.39 is 5.97 Å².